The molecule has 2 heterocycles. The highest BCUT2D eigenvalue weighted by Crippen LogP contribution is 2.41. The number of hydrogen-bond acceptors (Lipinski definition) is 15. The maximum absolute atomic E-state index is 11.4. The number of rotatable bonds is 24. The van der Waals surface area contributed by atoms with Crippen molar-refractivity contribution in [1.29, 1.82) is 0 Å². The third-order valence-corrected chi connectivity index (χ3v) is 10.6. The fourth-order valence-electron chi connectivity index (χ4n) is 6.81. The number of hydrogen-bond donors (Lipinski definition) is 0. The molecule has 16 nitrogen and oxygen atoms in total. The number of esters is 3. The molecule has 7 rings (SSSR count). The highest BCUT2D eigenvalue weighted by molar-refractivity contribution is 5.87. The van der Waals surface area contributed by atoms with Gasteiger partial charge in [-0.25, -0.2) is 19.2 Å². The van der Waals surface area contributed by atoms with E-state index < -0.39 is 34.1 Å². The van der Waals surface area contributed by atoms with Crippen molar-refractivity contribution in [3.8, 4) is 11.5 Å². The minimum Gasteiger partial charge on any atom is -0.491 e. The zero-order valence-electron chi connectivity index (χ0n) is 42.0. The number of fused-ring (bicyclic) bond motifs is 1. The monoisotopic (exact) mass is 1010 g/mol. The Labute approximate surface area is 429 Å². The SMILES string of the molecule is C=C(C)C(=O)OCCOCc1ccc(C(OCCC)(c2ccccc2)c2ccccc2)cc1.C=C(C)C(=O)OCCOc1ccc2ccc(=O)oc2c1.C=C(C)C(=O)OCc1cc(OCC2CO2)ccc1[N+](=O)[O-]. The van der Waals surface area contributed by atoms with Gasteiger partial charge in [-0.05, 0) is 79.8 Å². The van der Waals surface area contributed by atoms with E-state index in [0.717, 1.165) is 34.1 Å². The summed E-state index contributed by atoms with van der Waals surface area (Å²) in [4.78, 5) is 55.5. The highest BCUT2D eigenvalue weighted by atomic mass is 16.6. The van der Waals surface area contributed by atoms with Gasteiger partial charge >= 0.3 is 23.5 Å². The lowest BCUT2D eigenvalue weighted by Gasteiger charge is -2.36. The second kappa shape index (κ2) is 28.8. The molecule has 388 valence electrons. The van der Waals surface area contributed by atoms with Gasteiger partial charge in [0.1, 0.15) is 61.8 Å². The van der Waals surface area contributed by atoms with E-state index in [1.54, 1.807) is 38.1 Å². The van der Waals surface area contributed by atoms with Crippen LogP contribution in [0.4, 0.5) is 5.69 Å². The molecular weight excluding hydrogens is 951 g/mol. The molecule has 1 aliphatic heterocycles. The Bertz CT molecular complexity index is 2870. The van der Waals surface area contributed by atoms with E-state index in [2.05, 4.69) is 75.2 Å². The normalized spacial score (nSPS) is 12.4. The van der Waals surface area contributed by atoms with Gasteiger partial charge in [0.15, 0.2) is 0 Å². The fourth-order valence-corrected chi connectivity index (χ4v) is 6.81. The van der Waals surface area contributed by atoms with Crippen molar-refractivity contribution in [3.63, 3.8) is 0 Å². The van der Waals surface area contributed by atoms with Crippen LogP contribution in [-0.2, 0) is 61.6 Å². The molecular formula is C58H61NO15. The lowest BCUT2D eigenvalue weighted by atomic mass is 9.80. The molecule has 74 heavy (non-hydrogen) atoms. The van der Waals surface area contributed by atoms with E-state index >= 15 is 0 Å². The Morgan fingerprint density at radius 1 is 0.649 bits per heavy atom. The molecule has 6 aromatic rings. The first-order valence-electron chi connectivity index (χ1n) is 23.7. The van der Waals surface area contributed by atoms with Crippen LogP contribution in [0, 0.1) is 10.1 Å². The third kappa shape index (κ3) is 17.5. The van der Waals surface area contributed by atoms with E-state index in [0.29, 0.717) is 61.3 Å². The molecule has 0 radical (unpaired) electrons. The minimum atomic E-state index is -0.700. The molecule has 0 saturated carbocycles. The molecule has 0 spiro atoms. The van der Waals surface area contributed by atoms with Gasteiger partial charge in [-0.1, -0.05) is 112 Å². The summed E-state index contributed by atoms with van der Waals surface area (Å²) < 4.78 is 48.2. The predicted octanol–water partition coefficient (Wildman–Crippen LogP) is 10.3. The number of benzene rings is 5. The number of carbonyl (C=O) groups excluding carboxylic acids is 3. The summed E-state index contributed by atoms with van der Waals surface area (Å²) in [7, 11) is 0. The van der Waals surface area contributed by atoms with Crippen molar-refractivity contribution in [1.82, 2.24) is 0 Å². The quantitative estimate of drug-likeness (QED) is 0.00637. The van der Waals surface area contributed by atoms with Crippen molar-refractivity contribution in [2.75, 3.05) is 46.2 Å². The Kier molecular flexibility index (Phi) is 22.0. The van der Waals surface area contributed by atoms with Crippen molar-refractivity contribution >= 4 is 34.6 Å². The molecule has 1 saturated heterocycles. The van der Waals surface area contributed by atoms with Crippen molar-refractivity contribution in [2.24, 2.45) is 0 Å². The molecule has 1 atom stereocenters. The second-order valence-corrected chi connectivity index (χ2v) is 16.8. The van der Waals surface area contributed by atoms with Crippen LogP contribution < -0.4 is 15.1 Å². The number of nitro groups is 1. The van der Waals surface area contributed by atoms with Crippen LogP contribution in [0.5, 0.6) is 11.5 Å². The summed E-state index contributed by atoms with van der Waals surface area (Å²) >= 11 is 0. The van der Waals surface area contributed by atoms with E-state index in [-0.39, 0.29) is 49.4 Å². The van der Waals surface area contributed by atoms with Gasteiger partial charge < -0.3 is 42.3 Å². The highest BCUT2D eigenvalue weighted by Gasteiger charge is 2.37. The van der Waals surface area contributed by atoms with E-state index in [4.69, 9.17) is 42.3 Å². The molecule has 1 aromatic heterocycles. The topological polar surface area (TPSA) is 202 Å². The van der Waals surface area contributed by atoms with Crippen LogP contribution in [0.3, 0.4) is 0 Å². The summed E-state index contributed by atoms with van der Waals surface area (Å²) in [5.74, 6) is -0.427. The van der Waals surface area contributed by atoms with Gasteiger partial charge in [0.05, 0.1) is 30.3 Å². The van der Waals surface area contributed by atoms with Gasteiger partial charge in [-0.3, -0.25) is 10.1 Å². The Balaban J connectivity index is 0.000000215. The average molecular weight is 1010 g/mol. The summed E-state index contributed by atoms with van der Waals surface area (Å²) in [6.45, 7) is 20.1. The number of carbonyl (C=O) groups is 3. The van der Waals surface area contributed by atoms with Crippen molar-refractivity contribution in [2.45, 2.75) is 59.0 Å². The molecule has 1 unspecified atom stereocenters. The van der Waals surface area contributed by atoms with Gasteiger partial charge in [0.25, 0.3) is 5.69 Å². The summed E-state index contributed by atoms with van der Waals surface area (Å²) in [6.07, 6.45) is 1.01. The maximum atomic E-state index is 11.4. The maximum Gasteiger partial charge on any atom is 0.336 e. The lowest BCUT2D eigenvalue weighted by molar-refractivity contribution is -0.385. The molecule has 16 heteroatoms. The standard InChI is InChI=1S/C29H32O4.C15H14O5.C14H15NO6/c1-4-19-33-29(25-11-7-5-8-12-25,26-13-9-6-10-14-26)27-17-15-24(16-18-27)22-31-20-21-32-28(30)23(2)3;1-10(2)15(17)19-8-7-18-12-5-3-11-4-6-14(16)20-13(11)9-12;1-9(2)14(16)21-6-10-5-11(19-7-12-8-20-12)3-4-13(10)15(17)18/h5-18H,2,4,19-22H2,1,3H3;3-6,9H,1,7-8H2,2H3;3-5,12H,1,6-8H2,2H3. The molecule has 0 N–H and O–H groups in total. The van der Waals surface area contributed by atoms with E-state index in [1.165, 1.54) is 31.2 Å². The van der Waals surface area contributed by atoms with Crippen molar-refractivity contribution in [3.05, 3.63) is 218 Å². The molecule has 0 bridgehead atoms. The number of nitro benzene ring substituents is 1. The Morgan fingerprint density at radius 2 is 1.19 bits per heavy atom. The zero-order valence-corrected chi connectivity index (χ0v) is 42.0. The first-order chi connectivity index (χ1) is 35.6. The third-order valence-electron chi connectivity index (χ3n) is 10.6. The van der Waals surface area contributed by atoms with Crippen LogP contribution in [-0.4, -0.2) is 75.2 Å². The largest absolute Gasteiger partial charge is 0.491 e. The minimum absolute atomic E-state index is 0.0879. The fraction of sp³-hybridized carbons (Fsp3) is 0.276. The van der Waals surface area contributed by atoms with Crippen LogP contribution in [0.25, 0.3) is 11.0 Å². The van der Waals surface area contributed by atoms with Gasteiger partial charge in [0.2, 0.25) is 0 Å². The average Bonchev–Trinajstić information content (AvgIpc) is 4.24. The van der Waals surface area contributed by atoms with E-state index in [1.807, 2.05) is 36.4 Å². The van der Waals surface area contributed by atoms with Gasteiger partial charge in [0, 0.05) is 46.9 Å². The zero-order chi connectivity index (χ0) is 53.5. The molecule has 5 aromatic carbocycles. The Morgan fingerprint density at radius 3 is 1.76 bits per heavy atom. The summed E-state index contributed by atoms with van der Waals surface area (Å²) in [5.41, 5.74) is 4.73. The van der Waals surface area contributed by atoms with E-state index in [9.17, 15) is 29.3 Å². The number of ether oxygens (including phenoxy) is 8. The first-order valence-corrected chi connectivity index (χ1v) is 23.7. The van der Waals surface area contributed by atoms with Crippen molar-refractivity contribution < 1.29 is 61.6 Å². The first kappa shape index (κ1) is 56.7. The van der Waals surface area contributed by atoms with Gasteiger partial charge in [-0.2, -0.15) is 0 Å². The number of nitrogens with zero attached hydrogens (tertiary/aromatic N) is 1. The smallest absolute Gasteiger partial charge is 0.336 e. The van der Waals surface area contributed by atoms with Crippen LogP contribution in [0.1, 0.15) is 61.9 Å². The lowest BCUT2D eigenvalue weighted by Crippen LogP contribution is -2.33. The van der Waals surface area contributed by atoms with Crippen LogP contribution in [0.2, 0.25) is 0 Å². The summed E-state index contributed by atoms with van der Waals surface area (Å²) in [6, 6.07) is 41.6. The molecule has 0 amide bonds. The molecule has 1 fully saturated rings. The number of epoxide rings is 1. The summed E-state index contributed by atoms with van der Waals surface area (Å²) in [5, 5.41) is 11.8. The van der Waals surface area contributed by atoms with Crippen LogP contribution in [0.15, 0.2) is 179 Å². The molecule has 1 aliphatic rings. The second-order valence-electron chi connectivity index (χ2n) is 16.8. The molecule has 0 aliphatic carbocycles. The Hall–Kier alpha value is -8.18. The van der Waals surface area contributed by atoms with Gasteiger partial charge in [-0.15, -0.1) is 0 Å². The van der Waals surface area contributed by atoms with Crippen LogP contribution >= 0.6 is 0 Å². The predicted molar refractivity (Wildman–Crippen MR) is 278 cm³/mol.